The van der Waals surface area contributed by atoms with Crippen molar-refractivity contribution < 1.29 is 5.11 Å². The first-order valence-corrected chi connectivity index (χ1v) is 8.10. The van der Waals surface area contributed by atoms with E-state index in [1.54, 1.807) is 0 Å². The largest absolute Gasteiger partial charge is 0.394 e. The average molecular weight is 285 g/mol. The van der Waals surface area contributed by atoms with Crippen molar-refractivity contribution in [2.24, 2.45) is 5.92 Å². The minimum atomic E-state index is -0.158. The summed E-state index contributed by atoms with van der Waals surface area (Å²) in [6.07, 6.45) is 3.63. The highest BCUT2D eigenvalue weighted by molar-refractivity contribution is 4.85. The lowest BCUT2D eigenvalue weighted by Crippen LogP contribution is -2.51. The first kappa shape index (κ1) is 17.9. The van der Waals surface area contributed by atoms with Crippen molar-refractivity contribution in [3.05, 3.63) is 0 Å². The molecule has 1 unspecified atom stereocenters. The molecule has 4 heteroatoms. The molecule has 0 aliphatic carbocycles. The minimum absolute atomic E-state index is 0.158. The molecule has 1 aliphatic heterocycles. The van der Waals surface area contributed by atoms with Gasteiger partial charge in [0.05, 0.1) is 6.61 Å². The Morgan fingerprint density at radius 3 is 2.45 bits per heavy atom. The quantitative estimate of drug-likeness (QED) is 0.707. The standard InChI is InChI=1S/C16H35N3O/c1-14(2)17-16(3,13-20)8-11-19(5)12-15-6-9-18(4)10-7-15/h14-15,17,20H,6-13H2,1-5H3. The molecule has 120 valence electrons. The molecule has 0 aromatic rings. The zero-order valence-electron chi connectivity index (χ0n) is 14.2. The van der Waals surface area contributed by atoms with Crippen molar-refractivity contribution in [1.82, 2.24) is 15.1 Å². The molecular formula is C16H35N3O. The molecule has 0 aromatic carbocycles. The van der Waals surface area contributed by atoms with Crippen LogP contribution < -0.4 is 5.32 Å². The number of piperidine rings is 1. The molecule has 2 N–H and O–H groups in total. The Morgan fingerprint density at radius 1 is 1.35 bits per heavy atom. The Hall–Kier alpha value is -0.160. The van der Waals surface area contributed by atoms with Gasteiger partial charge in [0.25, 0.3) is 0 Å². The minimum Gasteiger partial charge on any atom is -0.394 e. The van der Waals surface area contributed by atoms with Gasteiger partial charge in [-0.15, -0.1) is 0 Å². The first-order valence-electron chi connectivity index (χ1n) is 8.10. The third kappa shape index (κ3) is 6.53. The highest BCUT2D eigenvalue weighted by Gasteiger charge is 2.25. The number of nitrogens with zero attached hydrogens (tertiary/aromatic N) is 2. The molecule has 1 aliphatic rings. The molecule has 4 nitrogen and oxygen atoms in total. The molecule has 0 radical (unpaired) electrons. The molecule has 20 heavy (non-hydrogen) atoms. The molecule has 0 saturated carbocycles. The number of aliphatic hydroxyl groups excluding tert-OH is 1. The number of rotatable bonds is 8. The topological polar surface area (TPSA) is 38.7 Å². The summed E-state index contributed by atoms with van der Waals surface area (Å²) in [5.74, 6) is 0.842. The maximum atomic E-state index is 9.61. The van der Waals surface area contributed by atoms with Crippen LogP contribution in [-0.4, -0.2) is 73.4 Å². The van der Waals surface area contributed by atoms with E-state index in [0.717, 1.165) is 18.9 Å². The first-order chi connectivity index (χ1) is 9.34. The molecule has 1 atom stereocenters. The van der Waals surface area contributed by atoms with E-state index in [2.05, 4.69) is 50.0 Å². The third-order valence-electron chi connectivity index (χ3n) is 4.44. The van der Waals surface area contributed by atoms with Gasteiger partial charge in [-0.3, -0.25) is 0 Å². The summed E-state index contributed by atoms with van der Waals surface area (Å²) in [7, 11) is 4.43. The summed E-state index contributed by atoms with van der Waals surface area (Å²) in [4.78, 5) is 4.86. The second-order valence-electron chi connectivity index (χ2n) is 7.28. The molecule has 0 spiro atoms. The zero-order chi connectivity index (χ0) is 15.2. The van der Waals surface area contributed by atoms with Gasteiger partial charge in [-0.25, -0.2) is 0 Å². The number of hydrogen-bond acceptors (Lipinski definition) is 4. The number of hydrogen-bond donors (Lipinski definition) is 2. The van der Waals surface area contributed by atoms with E-state index in [4.69, 9.17) is 0 Å². The molecule has 1 rings (SSSR count). The van der Waals surface area contributed by atoms with Crippen molar-refractivity contribution in [3.63, 3.8) is 0 Å². The lowest BCUT2D eigenvalue weighted by atomic mass is 9.95. The summed E-state index contributed by atoms with van der Waals surface area (Å²) in [5, 5.41) is 13.1. The fourth-order valence-corrected chi connectivity index (χ4v) is 3.11. The molecule has 0 bridgehead atoms. The van der Waals surface area contributed by atoms with Crippen LogP contribution >= 0.6 is 0 Å². The molecule has 0 aromatic heterocycles. The lowest BCUT2D eigenvalue weighted by Gasteiger charge is -2.35. The highest BCUT2D eigenvalue weighted by Crippen LogP contribution is 2.18. The molecule has 1 fully saturated rings. The lowest BCUT2D eigenvalue weighted by molar-refractivity contribution is 0.131. The van der Waals surface area contributed by atoms with Crippen LogP contribution in [0.25, 0.3) is 0 Å². The van der Waals surface area contributed by atoms with Crippen LogP contribution in [0.4, 0.5) is 0 Å². The molecular weight excluding hydrogens is 250 g/mol. The zero-order valence-corrected chi connectivity index (χ0v) is 14.2. The van der Waals surface area contributed by atoms with Gasteiger partial charge in [0, 0.05) is 18.1 Å². The second-order valence-corrected chi connectivity index (χ2v) is 7.28. The van der Waals surface area contributed by atoms with Gasteiger partial charge in [0.1, 0.15) is 0 Å². The van der Waals surface area contributed by atoms with Crippen LogP contribution in [0.5, 0.6) is 0 Å². The van der Waals surface area contributed by atoms with Crippen molar-refractivity contribution >= 4 is 0 Å². The smallest absolute Gasteiger partial charge is 0.0611 e. The third-order valence-corrected chi connectivity index (χ3v) is 4.44. The van der Waals surface area contributed by atoms with E-state index in [-0.39, 0.29) is 12.1 Å². The monoisotopic (exact) mass is 285 g/mol. The second kappa shape index (κ2) is 8.32. The summed E-state index contributed by atoms with van der Waals surface area (Å²) in [5.41, 5.74) is -0.158. The highest BCUT2D eigenvalue weighted by atomic mass is 16.3. The molecule has 1 saturated heterocycles. The van der Waals surface area contributed by atoms with E-state index in [1.165, 1.54) is 32.5 Å². The van der Waals surface area contributed by atoms with Gasteiger partial charge in [0.2, 0.25) is 0 Å². The van der Waals surface area contributed by atoms with Gasteiger partial charge in [-0.05, 0) is 65.8 Å². The summed E-state index contributed by atoms with van der Waals surface area (Å²) >= 11 is 0. The van der Waals surface area contributed by atoms with Crippen LogP contribution in [0.2, 0.25) is 0 Å². The van der Waals surface area contributed by atoms with Gasteiger partial charge >= 0.3 is 0 Å². The molecule has 1 heterocycles. The maximum Gasteiger partial charge on any atom is 0.0611 e. The van der Waals surface area contributed by atoms with E-state index < -0.39 is 0 Å². The number of aliphatic hydroxyl groups is 1. The normalized spacial score (nSPS) is 21.6. The van der Waals surface area contributed by atoms with Gasteiger partial charge in [0.15, 0.2) is 0 Å². The van der Waals surface area contributed by atoms with Gasteiger partial charge in [-0.2, -0.15) is 0 Å². The maximum absolute atomic E-state index is 9.61. The Balaban J connectivity index is 2.29. The molecule has 0 amide bonds. The van der Waals surface area contributed by atoms with E-state index >= 15 is 0 Å². The summed E-state index contributed by atoms with van der Waals surface area (Å²) < 4.78 is 0. The predicted molar refractivity (Wildman–Crippen MR) is 86.1 cm³/mol. The summed E-state index contributed by atoms with van der Waals surface area (Å²) in [6.45, 7) is 11.3. The predicted octanol–water partition coefficient (Wildman–Crippen LogP) is 1.40. The fourth-order valence-electron chi connectivity index (χ4n) is 3.11. The van der Waals surface area contributed by atoms with E-state index in [9.17, 15) is 5.11 Å². The van der Waals surface area contributed by atoms with Crippen LogP contribution in [-0.2, 0) is 0 Å². The van der Waals surface area contributed by atoms with Gasteiger partial charge in [-0.1, -0.05) is 13.8 Å². The number of likely N-dealkylation sites (tertiary alicyclic amines) is 1. The van der Waals surface area contributed by atoms with E-state index in [0.29, 0.717) is 6.04 Å². The Kier molecular flexibility index (Phi) is 7.45. The number of nitrogens with one attached hydrogen (secondary N) is 1. The Labute approximate surface area is 125 Å². The Morgan fingerprint density at radius 2 is 1.95 bits per heavy atom. The van der Waals surface area contributed by atoms with Crippen molar-refractivity contribution in [2.75, 3.05) is 46.9 Å². The fraction of sp³-hybridized carbons (Fsp3) is 1.00. The van der Waals surface area contributed by atoms with Crippen molar-refractivity contribution in [1.29, 1.82) is 0 Å². The average Bonchev–Trinajstić information content (AvgIpc) is 2.38. The Bertz CT molecular complexity index is 264. The van der Waals surface area contributed by atoms with Crippen molar-refractivity contribution in [3.8, 4) is 0 Å². The van der Waals surface area contributed by atoms with Crippen LogP contribution in [0.15, 0.2) is 0 Å². The van der Waals surface area contributed by atoms with Crippen molar-refractivity contribution in [2.45, 2.75) is 51.6 Å². The van der Waals surface area contributed by atoms with E-state index in [1.807, 2.05) is 0 Å². The SMILES string of the molecule is CC(C)NC(C)(CO)CCN(C)CC1CCN(C)CC1. The van der Waals surface area contributed by atoms with Gasteiger partial charge < -0.3 is 20.2 Å². The van der Waals surface area contributed by atoms with Crippen LogP contribution in [0.1, 0.15) is 40.0 Å². The van der Waals surface area contributed by atoms with Crippen LogP contribution in [0.3, 0.4) is 0 Å². The summed E-state index contributed by atoms with van der Waals surface area (Å²) in [6, 6.07) is 0.409. The van der Waals surface area contributed by atoms with Crippen LogP contribution in [0, 0.1) is 5.92 Å².